The number of rotatable bonds is 3. The first-order chi connectivity index (χ1) is 12.2. The van der Waals surface area contributed by atoms with Crippen molar-refractivity contribution >= 4 is 11.6 Å². The summed E-state index contributed by atoms with van der Waals surface area (Å²) in [5, 5.41) is 4.06. The molecule has 1 atom stereocenters. The molecule has 126 valence electrons. The Balaban J connectivity index is 1.69. The molecule has 7 nitrogen and oxygen atoms in total. The number of carbonyl (C=O) groups excluding carboxylic acids is 1. The van der Waals surface area contributed by atoms with Crippen molar-refractivity contribution in [2.45, 2.75) is 19.4 Å². The standard InChI is InChI=1S/C18H16N4O3/c1-11(23)22-14-6-4-3-5-12(14)9-15(22)18-20-17(21-25-18)13-7-8-19-16(10-13)24-2/h3-8,10,15H,9H2,1-2H3/t15-/m0/s1. The summed E-state index contributed by atoms with van der Waals surface area (Å²) in [6.45, 7) is 1.54. The molecule has 0 fully saturated rings. The summed E-state index contributed by atoms with van der Waals surface area (Å²) in [5.74, 6) is 1.27. The summed E-state index contributed by atoms with van der Waals surface area (Å²) in [4.78, 5) is 22.4. The molecule has 1 aliphatic heterocycles. The number of nitrogens with zero attached hydrogens (tertiary/aromatic N) is 4. The first-order valence-corrected chi connectivity index (χ1v) is 7.89. The summed E-state index contributed by atoms with van der Waals surface area (Å²) >= 11 is 0. The van der Waals surface area contributed by atoms with Crippen LogP contribution in [0.4, 0.5) is 5.69 Å². The van der Waals surface area contributed by atoms with Gasteiger partial charge in [0.15, 0.2) is 0 Å². The molecule has 1 amide bonds. The second kappa shape index (κ2) is 6.01. The number of para-hydroxylation sites is 1. The number of carbonyl (C=O) groups is 1. The van der Waals surface area contributed by atoms with E-state index in [1.165, 1.54) is 0 Å². The van der Waals surface area contributed by atoms with E-state index in [2.05, 4.69) is 15.1 Å². The van der Waals surface area contributed by atoms with Gasteiger partial charge in [0, 0.05) is 36.9 Å². The van der Waals surface area contributed by atoms with Gasteiger partial charge in [0.25, 0.3) is 5.89 Å². The van der Waals surface area contributed by atoms with Gasteiger partial charge in [-0.15, -0.1) is 0 Å². The van der Waals surface area contributed by atoms with Crippen molar-refractivity contribution in [1.29, 1.82) is 0 Å². The highest BCUT2D eigenvalue weighted by molar-refractivity contribution is 5.94. The number of hydrogen-bond donors (Lipinski definition) is 0. The number of aromatic nitrogens is 3. The predicted molar refractivity (Wildman–Crippen MR) is 90.1 cm³/mol. The zero-order valence-electron chi connectivity index (χ0n) is 13.8. The maximum Gasteiger partial charge on any atom is 0.250 e. The lowest BCUT2D eigenvalue weighted by Crippen LogP contribution is -2.30. The average molecular weight is 336 g/mol. The predicted octanol–water partition coefficient (Wildman–Crippen LogP) is 2.79. The van der Waals surface area contributed by atoms with Crippen molar-refractivity contribution < 1.29 is 14.1 Å². The molecular formula is C18H16N4O3. The Hall–Kier alpha value is -3.22. The molecular weight excluding hydrogens is 320 g/mol. The van der Waals surface area contributed by atoms with Gasteiger partial charge in [0.05, 0.1) is 7.11 Å². The minimum absolute atomic E-state index is 0.0553. The van der Waals surface area contributed by atoms with E-state index >= 15 is 0 Å². The van der Waals surface area contributed by atoms with Crippen LogP contribution in [-0.4, -0.2) is 28.1 Å². The van der Waals surface area contributed by atoms with E-state index in [1.54, 1.807) is 37.3 Å². The Morgan fingerprint density at radius 3 is 2.96 bits per heavy atom. The quantitative estimate of drug-likeness (QED) is 0.731. The Morgan fingerprint density at radius 2 is 2.16 bits per heavy atom. The SMILES string of the molecule is COc1cc(-c2noc([C@@H]3Cc4ccccc4N3C(C)=O)n2)ccn1. The fourth-order valence-corrected chi connectivity index (χ4v) is 3.12. The highest BCUT2D eigenvalue weighted by atomic mass is 16.5. The fraction of sp³-hybridized carbons (Fsp3) is 0.222. The minimum Gasteiger partial charge on any atom is -0.481 e. The van der Waals surface area contributed by atoms with Gasteiger partial charge in [-0.2, -0.15) is 4.98 Å². The minimum atomic E-state index is -0.292. The summed E-state index contributed by atoms with van der Waals surface area (Å²) in [5.41, 5.74) is 2.73. The Morgan fingerprint density at radius 1 is 1.32 bits per heavy atom. The molecule has 0 unspecified atom stereocenters. The van der Waals surface area contributed by atoms with Crippen molar-refractivity contribution in [3.8, 4) is 17.3 Å². The smallest absolute Gasteiger partial charge is 0.250 e. The van der Waals surface area contributed by atoms with E-state index in [0.29, 0.717) is 24.0 Å². The maximum absolute atomic E-state index is 12.2. The number of benzene rings is 1. The van der Waals surface area contributed by atoms with E-state index in [-0.39, 0.29) is 11.9 Å². The number of amides is 1. The second-order valence-electron chi connectivity index (χ2n) is 5.78. The lowest BCUT2D eigenvalue weighted by molar-refractivity contribution is -0.117. The Labute approximate surface area is 144 Å². The van der Waals surface area contributed by atoms with E-state index in [0.717, 1.165) is 16.8 Å². The van der Waals surface area contributed by atoms with Crippen molar-refractivity contribution in [2.24, 2.45) is 0 Å². The first-order valence-electron chi connectivity index (χ1n) is 7.89. The van der Waals surface area contributed by atoms with Gasteiger partial charge in [0.1, 0.15) is 6.04 Å². The molecule has 7 heteroatoms. The van der Waals surface area contributed by atoms with Crippen LogP contribution in [0.1, 0.15) is 24.4 Å². The summed E-state index contributed by atoms with van der Waals surface area (Å²) < 4.78 is 10.6. The van der Waals surface area contributed by atoms with E-state index in [9.17, 15) is 4.79 Å². The number of methoxy groups -OCH3 is 1. The molecule has 0 saturated heterocycles. The molecule has 25 heavy (non-hydrogen) atoms. The highest BCUT2D eigenvalue weighted by Crippen LogP contribution is 2.40. The van der Waals surface area contributed by atoms with Crippen molar-refractivity contribution in [3.05, 3.63) is 54.0 Å². The third-order valence-corrected chi connectivity index (χ3v) is 4.24. The van der Waals surface area contributed by atoms with Crippen LogP contribution in [0, 0.1) is 0 Å². The van der Waals surface area contributed by atoms with Crippen LogP contribution in [0.5, 0.6) is 5.88 Å². The molecule has 0 bridgehead atoms. The normalized spacial score (nSPS) is 15.9. The fourth-order valence-electron chi connectivity index (χ4n) is 3.12. The molecule has 1 aromatic carbocycles. The molecule has 3 aromatic rings. The Bertz CT molecular complexity index is 937. The number of fused-ring (bicyclic) bond motifs is 1. The molecule has 4 rings (SSSR count). The zero-order chi connectivity index (χ0) is 17.4. The molecule has 0 N–H and O–H groups in total. The van der Waals surface area contributed by atoms with Gasteiger partial charge in [-0.25, -0.2) is 4.98 Å². The van der Waals surface area contributed by atoms with Gasteiger partial charge in [-0.3, -0.25) is 9.69 Å². The molecule has 2 aromatic heterocycles. The lowest BCUT2D eigenvalue weighted by atomic mass is 10.1. The maximum atomic E-state index is 12.2. The number of pyridine rings is 1. The van der Waals surface area contributed by atoms with Gasteiger partial charge >= 0.3 is 0 Å². The van der Waals surface area contributed by atoms with Crippen LogP contribution in [0.25, 0.3) is 11.4 Å². The van der Waals surface area contributed by atoms with Crippen LogP contribution in [0.2, 0.25) is 0 Å². The molecule has 0 saturated carbocycles. The third-order valence-electron chi connectivity index (χ3n) is 4.24. The molecule has 3 heterocycles. The topological polar surface area (TPSA) is 81.4 Å². The largest absolute Gasteiger partial charge is 0.481 e. The monoisotopic (exact) mass is 336 g/mol. The van der Waals surface area contributed by atoms with Gasteiger partial charge in [-0.05, 0) is 17.7 Å². The van der Waals surface area contributed by atoms with E-state index in [4.69, 9.17) is 9.26 Å². The molecule has 0 spiro atoms. The van der Waals surface area contributed by atoms with Crippen molar-refractivity contribution in [2.75, 3.05) is 12.0 Å². The van der Waals surface area contributed by atoms with Gasteiger partial charge < -0.3 is 9.26 Å². The van der Waals surface area contributed by atoms with Crippen molar-refractivity contribution in [3.63, 3.8) is 0 Å². The zero-order valence-corrected chi connectivity index (χ0v) is 13.8. The molecule has 1 aliphatic rings. The number of anilines is 1. The Kier molecular flexibility index (Phi) is 3.68. The van der Waals surface area contributed by atoms with Crippen LogP contribution >= 0.6 is 0 Å². The highest BCUT2D eigenvalue weighted by Gasteiger charge is 2.36. The first kappa shape index (κ1) is 15.3. The van der Waals surface area contributed by atoms with Crippen molar-refractivity contribution in [1.82, 2.24) is 15.1 Å². The van der Waals surface area contributed by atoms with Gasteiger partial charge in [-0.1, -0.05) is 23.4 Å². The lowest BCUT2D eigenvalue weighted by Gasteiger charge is -2.21. The summed E-state index contributed by atoms with van der Waals surface area (Å²) in [6, 6.07) is 11.0. The number of ether oxygens (including phenoxy) is 1. The third kappa shape index (κ3) is 2.63. The number of hydrogen-bond acceptors (Lipinski definition) is 6. The van der Waals surface area contributed by atoms with Crippen LogP contribution in [0.3, 0.4) is 0 Å². The molecule has 0 radical (unpaired) electrons. The summed E-state index contributed by atoms with van der Waals surface area (Å²) in [7, 11) is 1.55. The van der Waals surface area contributed by atoms with Crippen LogP contribution in [0.15, 0.2) is 47.1 Å². The van der Waals surface area contributed by atoms with Crippen LogP contribution in [-0.2, 0) is 11.2 Å². The van der Waals surface area contributed by atoms with E-state index in [1.807, 2.05) is 24.3 Å². The summed E-state index contributed by atoms with van der Waals surface area (Å²) in [6.07, 6.45) is 2.27. The average Bonchev–Trinajstić information content (AvgIpc) is 3.26. The van der Waals surface area contributed by atoms with Crippen LogP contribution < -0.4 is 9.64 Å². The van der Waals surface area contributed by atoms with E-state index < -0.39 is 0 Å². The molecule has 0 aliphatic carbocycles. The second-order valence-corrected chi connectivity index (χ2v) is 5.78. The van der Waals surface area contributed by atoms with Gasteiger partial charge in [0.2, 0.25) is 17.6 Å².